The molecule has 1 heterocycles. The molecule has 5 N–H and O–H groups in total. The predicted molar refractivity (Wildman–Crippen MR) is 151 cm³/mol. The Hall–Kier alpha value is -4.96. The number of benzene rings is 6. The molecule has 0 unspecified atom stereocenters. The summed E-state index contributed by atoms with van der Waals surface area (Å²) in [6.45, 7) is 0. The van der Waals surface area contributed by atoms with E-state index in [1.807, 2.05) is 30.3 Å². The monoisotopic (exact) mass is 465 g/mol. The Morgan fingerprint density at radius 3 is 1.58 bits per heavy atom. The first-order valence-electron chi connectivity index (χ1n) is 11.9. The maximum atomic E-state index is 6.32. The summed E-state index contributed by atoms with van der Waals surface area (Å²) in [6.07, 6.45) is 0. The summed E-state index contributed by atoms with van der Waals surface area (Å²) in [5.74, 6) is 1.62. The van der Waals surface area contributed by atoms with Crippen LogP contribution in [0.4, 0.5) is 22.7 Å². The number of ether oxygens (including phenoxy) is 1. The zero-order valence-corrected chi connectivity index (χ0v) is 19.5. The van der Waals surface area contributed by atoms with Crippen molar-refractivity contribution in [2.45, 2.75) is 0 Å². The van der Waals surface area contributed by atoms with Gasteiger partial charge in [0, 0.05) is 11.4 Å². The highest BCUT2D eigenvalue weighted by Gasteiger charge is 2.18. The molecule has 0 radical (unpaired) electrons. The van der Waals surface area contributed by atoms with E-state index in [2.05, 4.69) is 84.2 Å². The molecule has 6 aromatic carbocycles. The standard InChI is InChI=1S/C32H23N3O/c33-27-9-5-21-13-19(1-3-23(21)15-27)25-8-12-31-30(17-25)35-29-11-7-26(18-32(29)36-31)20-2-4-24-16-28(34)10-6-22(24)14-20/h1-18,35H,33-34H2. The molecule has 6 aromatic rings. The largest absolute Gasteiger partial charge is 0.453 e. The van der Waals surface area contributed by atoms with Crippen molar-refractivity contribution in [3.05, 3.63) is 109 Å². The van der Waals surface area contributed by atoms with Gasteiger partial charge in [-0.3, -0.25) is 0 Å². The number of hydrogen-bond donors (Lipinski definition) is 3. The molecule has 0 saturated heterocycles. The van der Waals surface area contributed by atoms with Gasteiger partial charge in [0.25, 0.3) is 0 Å². The van der Waals surface area contributed by atoms with Crippen LogP contribution in [0.25, 0.3) is 43.8 Å². The highest BCUT2D eigenvalue weighted by molar-refractivity contribution is 5.92. The third-order valence-corrected chi connectivity index (χ3v) is 6.85. The second kappa shape index (κ2) is 7.79. The van der Waals surface area contributed by atoms with E-state index < -0.39 is 0 Å². The van der Waals surface area contributed by atoms with Crippen LogP contribution in [0.15, 0.2) is 109 Å². The van der Waals surface area contributed by atoms with Crippen LogP contribution in [-0.2, 0) is 0 Å². The average molecular weight is 466 g/mol. The molecular weight excluding hydrogens is 442 g/mol. The number of rotatable bonds is 2. The van der Waals surface area contributed by atoms with Crippen molar-refractivity contribution in [2.75, 3.05) is 16.8 Å². The molecular formula is C32H23N3O. The topological polar surface area (TPSA) is 73.3 Å². The maximum Gasteiger partial charge on any atom is 0.151 e. The average Bonchev–Trinajstić information content (AvgIpc) is 2.90. The minimum Gasteiger partial charge on any atom is -0.453 e. The van der Waals surface area contributed by atoms with Crippen LogP contribution in [-0.4, -0.2) is 0 Å². The van der Waals surface area contributed by atoms with Gasteiger partial charge in [0.2, 0.25) is 0 Å². The quantitative estimate of drug-likeness (QED) is 0.224. The van der Waals surface area contributed by atoms with E-state index in [1.54, 1.807) is 0 Å². The number of hydrogen-bond acceptors (Lipinski definition) is 4. The summed E-state index contributed by atoms with van der Waals surface area (Å²) in [4.78, 5) is 0. The smallest absolute Gasteiger partial charge is 0.151 e. The molecule has 0 aromatic heterocycles. The fourth-order valence-electron chi connectivity index (χ4n) is 4.94. The van der Waals surface area contributed by atoms with Crippen LogP contribution >= 0.6 is 0 Å². The zero-order valence-electron chi connectivity index (χ0n) is 19.5. The molecule has 0 amide bonds. The second-order valence-electron chi connectivity index (χ2n) is 9.29. The van der Waals surface area contributed by atoms with Crippen LogP contribution in [0.3, 0.4) is 0 Å². The van der Waals surface area contributed by atoms with Gasteiger partial charge in [0.15, 0.2) is 11.5 Å². The molecule has 172 valence electrons. The molecule has 4 heteroatoms. The Bertz CT molecular complexity index is 1690. The lowest BCUT2D eigenvalue weighted by Crippen LogP contribution is -2.03. The van der Waals surface area contributed by atoms with Crippen molar-refractivity contribution >= 4 is 44.3 Å². The van der Waals surface area contributed by atoms with Crippen molar-refractivity contribution in [2.24, 2.45) is 0 Å². The fourth-order valence-corrected chi connectivity index (χ4v) is 4.94. The summed E-state index contributed by atoms with van der Waals surface area (Å²) in [7, 11) is 0. The van der Waals surface area contributed by atoms with E-state index in [-0.39, 0.29) is 0 Å². The molecule has 0 fully saturated rings. The normalized spacial score (nSPS) is 12.0. The predicted octanol–water partition coefficient (Wildman–Crippen LogP) is 8.34. The molecule has 4 nitrogen and oxygen atoms in total. The maximum absolute atomic E-state index is 6.32. The van der Waals surface area contributed by atoms with Gasteiger partial charge in [-0.2, -0.15) is 0 Å². The van der Waals surface area contributed by atoms with Gasteiger partial charge < -0.3 is 21.5 Å². The van der Waals surface area contributed by atoms with Gasteiger partial charge in [-0.05, 0) is 104 Å². The van der Waals surface area contributed by atoms with Gasteiger partial charge in [-0.1, -0.05) is 48.5 Å². The summed E-state index contributed by atoms with van der Waals surface area (Å²) in [5, 5.41) is 8.15. The number of fused-ring (bicyclic) bond motifs is 4. The van der Waals surface area contributed by atoms with Gasteiger partial charge in [-0.15, -0.1) is 0 Å². The SMILES string of the molecule is Nc1ccc2cc(-c3ccc4c(c3)Nc3ccc(-c5ccc6cc(N)ccc6c5)cc3O4)ccc2c1. The van der Waals surface area contributed by atoms with Crippen LogP contribution in [0.1, 0.15) is 0 Å². The van der Waals surface area contributed by atoms with Crippen LogP contribution in [0, 0.1) is 0 Å². The van der Waals surface area contributed by atoms with Crippen molar-refractivity contribution in [3.63, 3.8) is 0 Å². The van der Waals surface area contributed by atoms with E-state index in [0.29, 0.717) is 0 Å². The fraction of sp³-hybridized carbons (Fsp3) is 0. The minimum atomic E-state index is 0.774. The molecule has 0 atom stereocenters. The highest BCUT2D eigenvalue weighted by Crippen LogP contribution is 2.45. The first kappa shape index (κ1) is 20.4. The molecule has 0 spiro atoms. The first-order valence-corrected chi connectivity index (χ1v) is 11.9. The highest BCUT2D eigenvalue weighted by atomic mass is 16.5. The summed E-state index contributed by atoms with van der Waals surface area (Å²) >= 11 is 0. The molecule has 36 heavy (non-hydrogen) atoms. The minimum absolute atomic E-state index is 0.774. The molecule has 1 aliphatic heterocycles. The molecule has 7 rings (SSSR count). The van der Waals surface area contributed by atoms with E-state index in [1.165, 1.54) is 5.39 Å². The number of nitrogen functional groups attached to an aromatic ring is 2. The third kappa shape index (κ3) is 3.48. The van der Waals surface area contributed by atoms with Crippen molar-refractivity contribution in [3.8, 4) is 33.8 Å². The number of anilines is 4. The van der Waals surface area contributed by atoms with Crippen LogP contribution in [0.5, 0.6) is 11.5 Å². The Morgan fingerprint density at radius 2 is 0.917 bits per heavy atom. The Labute approximate surface area is 208 Å². The third-order valence-electron chi connectivity index (χ3n) is 6.85. The van der Waals surface area contributed by atoms with Gasteiger partial charge in [-0.25, -0.2) is 0 Å². The number of nitrogens with two attached hydrogens (primary N) is 2. The van der Waals surface area contributed by atoms with Crippen LogP contribution < -0.4 is 21.5 Å². The van der Waals surface area contributed by atoms with Crippen molar-refractivity contribution < 1.29 is 4.74 Å². The lowest BCUT2D eigenvalue weighted by Gasteiger charge is -2.23. The van der Waals surface area contributed by atoms with Gasteiger partial charge >= 0.3 is 0 Å². The van der Waals surface area contributed by atoms with Crippen molar-refractivity contribution in [1.82, 2.24) is 0 Å². The zero-order chi connectivity index (χ0) is 24.2. The second-order valence-corrected chi connectivity index (χ2v) is 9.29. The molecule has 1 aliphatic rings. The Balaban J connectivity index is 1.20. The first-order chi connectivity index (χ1) is 17.6. The van der Waals surface area contributed by atoms with E-state index in [9.17, 15) is 0 Å². The summed E-state index contributed by atoms with van der Waals surface area (Å²) in [5.41, 5.74) is 19.8. The van der Waals surface area contributed by atoms with Crippen molar-refractivity contribution in [1.29, 1.82) is 0 Å². The van der Waals surface area contributed by atoms with E-state index >= 15 is 0 Å². The number of nitrogens with one attached hydrogen (secondary N) is 1. The van der Waals surface area contributed by atoms with Gasteiger partial charge in [0.1, 0.15) is 0 Å². The molecule has 0 bridgehead atoms. The lowest BCUT2D eigenvalue weighted by molar-refractivity contribution is 0.481. The summed E-state index contributed by atoms with van der Waals surface area (Å²) in [6, 6.07) is 37.4. The lowest BCUT2D eigenvalue weighted by atomic mass is 9.99. The molecule has 0 aliphatic carbocycles. The Morgan fingerprint density at radius 1 is 0.417 bits per heavy atom. The van der Waals surface area contributed by atoms with Gasteiger partial charge in [0.05, 0.1) is 11.4 Å². The van der Waals surface area contributed by atoms with E-state index in [4.69, 9.17) is 16.2 Å². The van der Waals surface area contributed by atoms with E-state index in [0.717, 1.165) is 72.7 Å². The summed E-state index contributed by atoms with van der Waals surface area (Å²) < 4.78 is 6.32. The Kier molecular flexibility index (Phi) is 4.42. The van der Waals surface area contributed by atoms with Crippen LogP contribution in [0.2, 0.25) is 0 Å². The molecule has 0 saturated carbocycles.